The minimum absolute atomic E-state index is 0.0193. The third kappa shape index (κ3) is 7.41. The average Bonchev–Trinajstić information content (AvgIpc) is 3.74. The number of nitrogens with one attached hydrogen (secondary N) is 2. The van der Waals surface area contributed by atoms with Crippen molar-refractivity contribution in [3.8, 4) is 22.6 Å². The molecule has 4 aromatic rings. The number of hydrogen-bond acceptors (Lipinski definition) is 9. The Hall–Kier alpha value is -6.05. The van der Waals surface area contributed by atoms with Crippen LogP contribution in [0.5, 0.6) is 0 Å². The molecule has 6 rings (SSSR count). The number of likely N-dealkylation sites (tertiary alicyclic amines) is 1. The fraction of sp³-hybridized carbons (Fsp3) is 0.364. The number of halogens is 4. The number of H-pyrrole nitrogens is 1. The number of piperazine rings is 1. The molecule has 5 heterocycles. The number of alkyl halides is 3. The minimum atomic E-state index is -4.91. The van der Waals surface area contributed by atoms with E-state index in [1.54, 1.807) is 9.80 Å². The summed E-state index contributed by atoms with van der Waals surface area (Å²) in [5, 5.41) is 28.8. The van der Waals surface area contributed by atoms with E-state index in [1.807, 2.05) is 5.10 Å². The van der Waals surface area contributed by atoms with Crippen molar-refractivity contribution in [1.82, 2.24) is 39.4 Å². The highest BCUT2D eigenvalue weighted by Crippen LogP contribution is 2.41. The van der Waals surface area contributed by atoms with Crippen LogP contribution in [0.2, 0.25) is 5.02 Å². The number of pyridine rings is 1. The lowest BCUT2D eigenvalue weighted by molar-refractivity contribution is -0.385. The topological polar surface area (TPSA) is 213 Å². The lowest BCUT2D eigenvalue weighted by atomic mass is 9.95. The largest absolute Gasteiger partial charge is 0.465 e. The second kappa shape index (κ2) is 14.8. The summed E-state index contributed by atoms with van der Waals surface area (Å²) < 4.78 is 43.6. The number of nitrogens with zero attached hydrogens (tertiary/aromatic N) is 8. The normalized spacial score (nSPS) is 15.3. The first-order chi connectivity index (χ1) is 25.5. The molecule has 2 aliphatic heterocycles. The number of carbonyl (C=O) groups excluding carboxylic acids is 3. The van der Waals surface area contributed by atoms with Crippen molar-refractivity contribution in [2.24, 2.45) is 13.0 Å². The molecule has 0 unspecified atom stereocenters. The smallest absolute Gasteiger partial charge is 0.433 e. The maximum absolute atomic E-state index is 14.2. The third-order valence-corrected chi connectivity index (χ3v) is 9.76. The van der Waals surface area contributed by atoms with E-state index in [0.29, 0.717) is 39.0 Å². The van der Waals surface area contributed by atoms with Gasteiger partial charge in [-0.15, -0.1) is 0 Å². The van der Waals surface area contributed by atoms with Gasteiger partial charge in [-0.2, -0.15) is 18.3 Å². The summed E-state index contributed by atoms with van der Waals surface area (Å²) >= 11 is 6.48. The van der Waals surface area contributed by atoms with Crippen LogP contribution >= 0.6 is 11.6 Å². The number of aromatic nitrogens is 5. The lowest BCUT2D eigenvalue weighted by Gasteiger charge is -2.38. The first-order valence-corrected chi connectivity index (χ1v) is 16.9. The Morgan fingerprint density at radius 3 is 2.24 bits per heavy atom. The molecule has 3 aromatic heterocycles. The molecule has 0 atom stereocenters. The van der Waals surface area contributed by atoms with Crippen molar-refractivity contribution in [3.05, 3.63) is 74.4 Å². The number of piperidine rings is 1. The van der Waals surface area contributed by atoms with E-state index in [0.717, 1.165) is 23.0 Å². The summed E-state index contributed by atoms with van der Waals surface area (Å²) in [5.74, 6) is -1.82. The summed E-state index contributed by atoms with van der Waals surface area (Å²) in [6.07, 6.45) is -3.07. The molecule has 3 N–H and O–H groups in total. The highest BCUT2D eigenvalue weighted by atomic mass is 35.5. The predicted octanol–water partition coefficient (Wildman–Crippen LogP) is 4.69. The lowest BCUT2D eigenvalue weighted by Crippen LogP contribution is -2.53. The van der Waals surface area contributed by atoms with E-state index < -0.39 is 34.4 Å². The predicted molar refractivity (Wildman–Crippen MR) is 185 cm³/mol. The average molecular weight is 773 g/mol. The molecule has 0 spiro atoms. The fourth-order valence-corrected chi connectivity index (χ4v) is 6.82. The first-order valence-electron chi connectivity index (χ1n) is 16.5. The van der Waals surface area contributed by atoms with E-state index in [9.17, 15) is 42.5 Å². The van der Waals surface area contributed by atoms with Gasteiger partial charge in [-0.25, -0.2) is 14.8 Å². The van der Waals surface area contributed by atoms with Crippen molar-refractivity contribution in [2.75, 3.05) is 44.6 Å². The van der Waals surface area contributed by atoms with Gasteiger partial charge in [-0.3, -0.25) is 29.6 Å². The molecule has 0 radical (unpaired) electrons. The third-order valence-electron chi connectivity index (χ3n) is 9.45. The van der Waals surface area contributed by atoms with Crippen LogP contribution in [0.15, 0.2) is 36.7 Å². The van der Waals surface area contributed by atoms with Crippen molar-refractivity contribution >= 4 is 46.8 Å². The Morgan fingerprint density at radius 2 is 1.65 bits per heavy atom. The number of nitro groups is 1. The van der Waals surface area contributed by atoms with Crippen LogP contribution < -0.4 is 5.32 Å². The van der Waals surface area contributed by atoms with Gasteiger partial charge < -0.3 is 29.7 Å². The minimum Gasteiger partial charge on any atom is -0.465 e. The van der Waals surface area contributed by atoms with Crippen LogP contribution in [0.3, 0.4) is 0 Å². The number of aryl methyl sites for hydroxylation is 1. The molecule has 284 valence electrons. The molecule has 21 heteroatoms. The van der Waals surface area contributed by atoms with Gasteiger partial charge in [-0.1, -0.05) is 11.6 Å². The Bertz CT molecular complexity index is 2160. The van der Waals surface area contributed by atoms with E-state index in [2.05, 4.69) is 20.4 Å². The number of hydrogen-bond donors (Lipinski definition) is 3. The van der Waals surface area contributed by atoms with Gasteiger partial charge in [-0.05, 0) is 43.5 Å². The van der Waals surface area contributed by atoms with Gasteiger partial charge in [0.25, 0.3) is 17.5 Å². The molecular formula is C33H32ClF3N10O7. The Labute approximate surface area is 308 Å². The van der Waals surface area contributed by atoms with Gasteiger partial charge in [0, 0.05) is 64.0 Å². The summed E-state index contributed by atoms with van der Waals surface area (Å²) in [7, 11) is 1.33. The SMILES string of the molecule is Cc1cc([N+](=O)[O-])cnc1-c1n[nH]c(C(F)(F)F)c1-c1cnc(C(=O)Nc2ccc(C(=O)N3CCN(C(=O)C4CCN(C(=O)O)CC4)CC3)c(Cl)c2)n1C. The summed E-state index contributed by atoms with van der Waals surface area (Å²) in [4.78, 5) is 74.0. The fourth-order valence-electron chi connectivity index (χ4n) is 6.56. The number of carboxylic acid groups (broad SMARTS) is 1. The highest BCUT2D eigenvalue weighted by molar-refractivity contribution is 6.34. The number of carbonyl (C=O) groups is 4. The zero-order valence-corrected chi connectivity index (χ0v) is 29.4. The summed E-state index contributed by atoms with van der Waals surface area (Å²) in [6.45, 7) is 3.13. The standard InChI is InChI=1S/C33H32ClF3N10O7/c1-17-13-20(47(53)54)15-38-25(17)26-24(27(42-41-26)33(35,36)37)23-16-39-28(43(23)2)29(48)40-19-3-4-21(22(34)14-19)31(50)45-11-9-44(10-12-45)30(49)18-5-7-46(8-6-18)32(51)52/h3-4,13-16,18H,5-12H2,1-2H3,(H,40,48)(H,41,42)(H,51,52). The van der Waals surface area contributed by atoms with Crippen molar-refractivity contribution in [1.29, 1.82) is 0 Å². The van der Waals surface area contributed by atoms with Crippen LogP contribution in [0.4, 0.5) is 29.3 Å². The van der Waals surface area contributed by atoms with Crippen LogP contribution in [-0.2, 0) is 18.0 Å². The van der Waals surface area contributed by atoms with Crippen LogP contribution in [0.25, 0.3) is 22.6 Å². The van der Waals surface area contributed by atoms with Gasteiger partial charge in [0.05, 0.1) is 38.7 Å². The van der Waals surface area contributed by atoms with Gasteiger partial charge in [0.2, 0.25) is 5.91 Å². The molecule has 54 heavy (non-hydrogen) atoms. The molecule has 4 amide bonds. The monoisotopic (exact) mass is 772 g/mol. The molecule has 0 bridgehead atoms. The number of amides is 4. The summed E-state index contributed by atoms with van der Waals surface area (Å²) in [5.41, 5.74) is -2.04. The van der Waals surface area contributed by atoms with Gasteiger partial charge in [0.1, 0.15) is 17.6 Å². The number of anilines is 1. The maximum atomic E-state index is 14.2. The molecule has 1 aromatic carbocycles. The van der Waals surface area contributed by atoms with Crippen LogP contribution in [0.1, 0.15) is 45.1 Å². The molecule has 2 fully saturated rings. The van der Waals surface area contributed by atoms with E-state index in [-0.39, 0.29) is 81.3 Å². The number of aromatic amines is 1. The zero-order valence-electron chi connectivity index (χ0n) is 28.7. The number of imidazole rings is 1. The molecule has 0 aliphatic carbocycles. The molecule has 17 nitrogen and oxygen atoms in total. The highest BCUT2D eigenvalue weighted by Gasteiger charge is 2.40. The maximum Gasteiger partial charge on any atom is 0.433 e. The van der Waals surface area contributed by atoms with E-state index in [1.165, 1.54) is 37.1 Å². The Kier molecular flexibility index (Phi) is 10.3. The zero-order chi connectivity index (χ0) is 39.1. The second-order valence-electron chi connectivity index (χ2n) is 12.8. The Balaban J connectivity index is 1.14. The molecule has 0 saturated carbocycles. The van der Waals surface area contributed by atoms with Gasteiger partial charge in [0.15, 0.2) is 5.82 Å². The van der Waals surface area contributed by atoms with Crippen molar-refractivity contribution in [3.63, 3.8) is 0 Å². The Morgan fingerprint density at radius 1 is 0.981 bits per heavy atom. The van der Waals surface area contributed by atoms with Crippen LogP contribution in [0, 0.1) is 23.0 Å². The number of benzene rings is 1. The van der Waals surface area contributed by atoms with Crippen LogP contribution in [-0.4, -0.2) is 113 Å². The van der Waals surface area contributed by atoms with Crippen molar-refractivity contribution < 1.29 is 42.4 Å². The van der Waals surface area contributed by atoms with Crippen molar-refractivity contribution in [2.45, 2.75) is 25.9 Å². The van der Waals surface area contributed by atoms with Gasteiger partial charge >= 0.3 is 12.3 Å². The summed E-state index contributed by atoms with van der Waals surface area (Å²) in [6, 6.07) is 5.36. The number of rotatable bonds is 7. The molecule has 2 saturated heterocycles. The molecule has 2 aliphatic rings. The first kappa shape index (κ1) is 37.7. The quantitative estimate of drug-likeness (QED) is 0.174. The molecular weight excluding hydrogens is 741 g/mol. The van der Waals surface area contributed by atoms with E-state index in [4.69, 9.17) is 16.7 Å². The van der Waals surface area contributed by atoms with E-state index >= 15 is 0 Å². The second-order valence-corrected chi connectivity index (χ2v) is 13.2.